The van der Waals surface area contributed by atoms with Crippen molar-refractivity contribution in [1.82, 2.24) is 5.32 Å². The van der Waals surface area contributed by atoms with E-state index < -0.39 is 0 Å². The van der Waals surface area contributed by atoms with Crippen LogP contribution in [0.5, 0.6) is 0 Å². The Balaban J connectivity index is 2.26. The molecule has 100 valence electrons. The van der Waals surface area contributed by atoms with E-state index in [4.69, 9.17) is 16.3 Å². The third-order valence-corrected chi connectivity index (χ3v) is 4.36. The lowest BCUT2D eigenvalue weighted by atomic mass is 9.76. The van der Waals surface area contributed by atoms with Gasteiger partial charge in [-0.3, -0.25) is 0 Å². The third-order valence-electron chi connectivity index (χ3n) is 3.93. The van der Waals surface area contributed by atoms with Gasteiger partial charge in [0.1, 0.15) is 5.82 Å². The molecule has 1 N–H and O–H groups in total. The minimum atomic E-state index is -0.347. The standard InChI is InChI=1S/C14H19ClFNO/c1-10-14(9-17-2,6-7-18-10)8-11-4-3-5-12(16)13(11)15/h3-5,10,17H,6-9H2,1-2H3. The van der Waals surface area contributed by atoms with Crippen LogP contribution in [0.4, 0.5) is 4.39 Å². The Morgan fingerprint density at radius 2 is 2.33 bits per heavy atom. The van der Waals surface area contributed by atoms with E-state index in [9.17, 15) is 4.39 Å². The number of nitrogens with one attached hydrogen (secondary N) is 1. The van der Waals surface area contributed by atoms with Crippen molar-refractivity contribution >= 4 is 11.6 Å². The van der Waals surface area contributed by atoms with Crippen molar-refractivity contribution in [2.75, 3.05) is 20.2 Å². The number of hydrogen-bond donors (Lipinski definition) is 1. The molecule has 0 saturated carbocycles. The summed E-state index contributed by atoms with van der Waals surface area (Å²) in [5.41, 5.74) is 0.871. The van der Waals surface area contributed by atoms with Crippen LogP contribution in [0, 0.1) is 11.2 Å². The monoisotopic (exact) mass is 271 g/mol. The highest BCUT2D eigenvalue weighted by molar-refractivity contribution is 6.31. The molecule has 0 aliphatic carbocycles. The van der Waals surface area contributed by atoms with E-state index in [2.05, 4.69) is 12.2 Å². The highest BCUT2D eigenvalue weighted by Crippen LogP contribution is 2.39. The summed E-state index contributed by atoms with van der Waals surface area (Å²) in [5.74, 6) is -0.347. The summed E-state index contributed by atoms with van der Waals surface area (Å²) in [6.45, 7) is 3.69. The molecule has 1 aromatic rings. The van der Waals surface area contributed by atoms with Crippen molar-refractivity contribution < 1.29 is 9.13 Å². The van der Waals surface area contributed by atoms with Gasteiger partial charge in [-0.15, -0.1) is 0 Å². The van der Waals surface area contributed by atoms with Gasteiger partial charge in [0.15, 0.2) is 0 Å². The van der Waals surface area contributed by atoms with Gasteiger partial charge in [-0.25, -0.2) is 4.39 Å². The molecule has 1 aromatic carbocycles. The van der Waals surface area contributed by atoms with Crippen LogP contribution >= 0.6 is 11.6 Å². The highest BCUT2D eigenvalue weighted by Gasteiger charge is 2.41. The van der Waals surface area contributed by atoms with Gasteiger partial charge in [0.2, 0.25) is 0 Å². The third kappa shape index (κ3) is 2.53. The van der Waals surface area contributed by atoms with Crippen molar-refractivity contribution in [1.29, 1.82) is 0 Å². The maximum atomic E-state index is 13.5. The molecule has 0 aromatic heterocycles. The van der Waals surface area contributed by atoms with Crippen LogP contribution < -0.4 is 5.32 Å². The predicted octanol–water partition coefficient (Wildman–Crippen LogP) is 3.04. The van der Waals surface area contributed by atoms with Crippen molar-refractivity contribution in [2.45, 2.75) is 25.9 Å². The average molecular weight is 272 g/mol. The quantitative estimate of drug-likeness (QED) is 0.909. The summed E-state index contributed by atoms with van der Waals surface area (Å²) in [4.78, 5) is 0. The molecule has 1 fully saturated rings. The van der Waals surface area contributed by atoms with E-state index >= 15 is 0 Å². The zero-order valence-electron chi connectivity index (χ0n) is 10.8. The van der Waals surface area contributed by atoms with Crippen LogP contribution in [0.15, 0.2) is 18.2 Å². The normalized spacial score (nSPS) is 27.7. The molecule has 0 amide bonds. The Labute approximate surface area is 112 Å². The molecule has 4 heteroatoms. The van der Waals surface area contributed by atoms with E-state index in [1.54, 1.807) is 6.07 Å². The molecule has 1 saturated heterocycles. The predicted molar refractivity (Wildman–Crippen MR) is 71.5 cm³/mol. The fraction of sp³-hybridized carbons (Fsp3) is 0.571. The second-order valence-corrected chi connectivity index (χ2v) is 5.42. The number of benzene rings is 1. The second kappa shape index (κ2) is 5.55. The lowest BCUT2D eigenvalue weighted by Gasteiger charge is -2.32. The average Bonchev–Trinajstić information content (AvgIpc) is 2.68. The Hall–Kier alpha value is -0.640. The molecule has 1 aliphatic rings. The van der Waals surface area contributed by atoms with Crippen LogP contribution in [0.2, 0.25) is 5.02 Å². The summed E-state index contributed by atoms with van der Waals surface area (Å²) < 4.78 is 19.2. The van der Waals surface area contributed by atoms with Crippen LogP contribution in [0.3, 0.4) is 0 Å². The maximum absolute atomic E-state index is 13.5. The topological polar surface area (TPSA) is 21.3 Å². The van der Waals surface area contributed by atoms with E-state index in [1.165, 1.54) is 6.07 Å². The first-order chi connectivity index (χ1) is 8.59. The molecule has 0 bridgehead atoms. The van der Waals surface area contributed by atoms with Crippen molar-refractivity contribution in [3.63, 3.8) is 0 Å². The van der Waals surface area contributed by atoms with Crippen molar-refractivity contribution in [3.8, 4) is 0 Å². The van der Waals surface area contributed by atoms with Crippen LogP contribution in [0.1, 0.15) is 18.9 Å². The molecule has 1 aliphatic heterocycles. The molecule has 0 radical (unpaired) electrons. The van der Waals surface area contributed by atoms with Gasteiger partial charge < -0.3 is 10.1 Å². The summed E-state index contributed by atoms with van der Waals surface area (Å²) in [6.07, 6.45) is 1.87. The van der Waals surface area contributed by atoms with Crippen LogP contribution in [-0.4, -0.2) is 26.3 Å². The minimum absolute atomic E-state index is 0.00613. The molecule has 18 heavy (non-hydrogen) atoms. The van der Waals surface area contributed by atoms with E-state index in [1.807, 2.05) is 13.1 Å². The zero-order chi connectivity index (χ0) is 13.2. The molecule has 2 atom stereocenters. The van der Waals surface area contributed by atoms with Gasteiger partial charge in [-0.05, 0) is 38.4 Å². The van der Waals surface area contributed by atoms with E-state index in [0.717, 1.165) is 31.6 Å². The van der Waals surface area contributed by atoms with Crippen LogP contribution in [-0.2, 0) is 11.2 Å². The van der Waals surface area contributed by atoms with Gasteiger partial charge in [0, 0.05) is 18.6 Å². The first-order valence-electron chi connectivity index (χ1n) is 6.28. The molecular weight excluding hydrogens is 253 g/mol. The molecule has 2 rings (SSSR count). The molecular formula is C14H19ClFNO. The van der Waals surface area contributed by atoms with Gasteiger partial charge >= 0.3 is 0 Å². The Bertz CT molecular complexity index is 426. The first-order valence-corrected chi connectivity index (χ1v) is 6.66. The van der Waals surface area contributed by atoms with Crippen molar-refractivity contribution in [3.05, 3.63) is 34.6 Å². The minimum Gasteiger partial charge on any atom is -0.378 e. The SMILES string of the molecule is CNCC1(Cc2cccc(F)c2Cl)CCOC1C. The fourth-order valence-corrected chi connectivity index (χ4v) is 2.95. The molecule has 1 heterocycles. The summed E-state index contributed by atoms with van der Waals surface area (Å²) in [7, 11) is 1.93. The van der Waals surface area contributed by atoms with E-state index in [0.29, 0.717) is 0 Å². The van der Waals surface area contributed by atoms with Gasteiger partial charge in [0.25, 0.3) is 0 Å². The second-order valence-electron chi connectivity index (χ2n) is 5.05. The lowest BCUT2D eigenvalue weighted by Crippen LogP contribution is -2.40. The van der Waals surface area contributed by atoms with Crippen molar-refractivity contribution in [2.24, 2.45) is 5.41 Å². The summed E-state index contributed by atoms with van der Waals surface area (Å²) >= 11 is 6.05. The zero-order valence-corrected chi connectivity index (χ0v) is 11.6. The van der Waals surface area contributed by atoms with Gasteiger partial charge in [-0.1, -0.05) is 23.7 Å². The van der Waals surface area contributed by atoms with E-state index in [-0.39, 0.29) is 22.4 Å². The van der Waals surface area contributed by atoms with Crippen LogP contribution in [0.25, 0.3) is 0 Å². The Morgan fingerprint density at radius 3 is 2.94 bits per heavy atom. The molecule has 2 unspecified atom stereocenters. The fourth-order valence-electron chi connectivity index (χ4n) is 2.76. The summed E-state index contributed by atoms with van der Waals surface area (Å²) in [5, 5.41) is 3.46. The number of hydrogen-bond acceptors (Lipinski definition) is 2. The largest absolute Gasteiger partial charge is 0.378 e. The van der Waals surface area contributed by atoms with Gasteiger partial charge in [-0.2, -0.15) is 0 Å². The smallest absolute Gasteiger partial charge is 0.142 e. The first kappa shape index (κ1) is 13.8. The lowest BCUT2D eigenvalue weighted by molar-refractivity contribution is 0.0639. The van der Waals surface area contributed by atoms with Gasteiger partial charge in [0.05, 0.1) is 11.1 Å². The molecule has 0 spiro atoms. The Kier molecular flexibility index (Phi) is 4.25. The summed E-state index contributed by atoms with van der Waals surface area (Å²) in [6, 6.07) is 5.00. The maximum Gasteiger partial charge on any atom is 0.142 e. The highest BCUT2D eigenvalue weighted by atomic mass is 35.5. The number of halogens is 2. The number of rotatable bonds is 4. The Morgan fingerprint density at radius 1 is 1.56 bits per heavy atom. The molecule has 2 nitrogen and oxygen atoms in total. The number of ether oxygens (including phenoxy) is 1.